The first-order valence-electron chi connectivity index (χ1n) is 3.02. The van der Waals surface area contributed by atoms with E-state index in [0.29, 0.717) is 0 Å². The van der Waals surface area contributed by atoms with Crippen LogP contribution in [0.5, 0.6) is 0 Å². The van der Waals surface area contributed by atoms with Crippen LogP contribution in [0.2, 0.25) is 0 Å². The second-order valence-corrected chi connectivity index (χ2v) is 1.99. The van der Waals surface area contributed by atoms with Crippen molar-refractivity contribution in [3.05, 3.63) is 25.0 Å². The Hall–Kier alpha value is 0.714. The minimum Gasteiger partial charge on any atom is -0.356 e. The van der Waals surface area contributed by atoms with E-state index in [2.05, 4.69) is 27.7 Å². The van der Waals surface area contributed by atoms with Crippen molar-refractivity contribution >= 4 is 0 Å². The summed E-state index contributed by atoms with van der Waals surface area (Å²) < 4.78 is 0. The van der Waals surface area contributed by atoms with E-state index in [0.717, 1.165) is 12.8 Å². The van der Waals surface area contributed by atoms with Crippen molar-refractivity contribution in [1.29, 1.82) is 0 Å². The first-order chi connectivity index (χ1) is 3.72. The minimum atomic E-state index is 0. The average Bonchev–Trinajstić information content (AvgIpc) is 1.84. The SMILES string of the molecule is [CH2-]CC(C)=C([CH2-])CC.[Y]. The summed E-state index contributed by atoms with van der Waals surface area (Å²) >= 11 is 0. The van der Waals surface area contributed by atoms with E-state index >= 15 is 0 Å². The maximum Gasteiger partial charge on any atom is 0 e. The second-order valence-electron chi connectivity index (χ2n) is 1.99. The fourth-order valence-electron chi connectivity index (χ4n) is 0.479. The van der Waals surface area contributed by atoms with Crippen LogP contribution in [0.4, 0.5) is 0 Å². The van der Waals surface area contributed by atoms with Gasteiger partial charge in [0.1, 0.15) is 0 Å². The molecule has 1 radical (unpaired) electrons. The Morgan fingerprint density at radius 1 is 1.44 bits per heavy atom. The molecule has 0 saturated carbocycles. The Morgan fingerprint density at radius 3 is 2.00 bits per heavy atom. The molecule has 0 aliphatic rings. The predicted molar refractivity (Wildman–Crippen MR) is 38.3 cm³/mol. The zero-order valence-electron chi connectivity index (χ0n) is 6.41. The van der Waals surface area contributed by atoms with Gasteiger partial charge in [-0.25, -0.2) is 24.5 Å². The Balaban J connectivity index is 0. The van der Waals surface area contributed by atoms with E-state index in [1.54, 1.807) is 0 Å². The number of rotatable bonds is 2. The van der Waals surface area contributed by atoms with Crippen molar-refractivity contribution in [2.45, 2.75) is 26.7 Å². The molecule has 0 spiro atoms. The smallest absolute Gasteiger partial charge is 0 e. The van der Waals surface area contributed by atoms with Crippen LogP contribution >= 0.6 is 0 Å². The fraction of sp³-hybridized carbons (Fsp3) is 0.500. The summed E-state index contributed by atoms with van der Waals surface area (Å²) in [5, 5.41) is 0. The molecule has 0 rings (SSSR count). The van der Waals surface area contributed by atoms with Gasteiger partial charge in [0.25, 0.3) is 0 Å². The molecule has 0 nitrogen and oxygen atoms in total. The number of hydrogen-bond donors (Lipinski definition) is 0. The van der Waals surface area contributed by atoms with Crippen molar-refractivity contribution in [2.75, 3.05) is 0 Å². The molecule has 0 atom stereocenters. The zero-order valence-corrected chi connectivity index (χ0v) is 9.24. The second kappa shape index (κ2) is 6.83. The van der Waals surface area contributed by atoms with E-state index in [4.69, 9.17) is 0 Å². The molecule has 0 aromatic heterocycles. The monoisotopic (exact) mass is 199 g/mol. The Labute approximate surface area is 84.0 Å². The number of allylic oxidation sites excluding steroid dienone is 2. The van der Waals surface area contributed by atoms with E-state index in [1.807, 2.05) is 0 Å². The van der Waals surface area contributed by atoms with E-state index in [1.165, 1.54) is 11.1 Å². The van der Waals surface area contributed by atoms with Crippen LogP contribution in [0.1, 0.15) is 26.7 Å². The molecule has 1 heteroatoms. The summed E-state index contributed by atoms with van der Waals surface area (Å²) in [6.45, 7) is 11.8. The van der Waals surface area contributed by atoms with E-state index < -0.39 is 0 Å². The molecule has 0 aromatic rings. The molecule has 0 aromatic carbocycles. The fourth-order valence-corrected chi connectivity index (χ4v) is 0.479. The van der Waals surface area contributed by atoms with Crippen molar-refractivity contribution in [3.8, 4) is 0 Å². The molecule has 0 saturated heterocycles. The Kier molecular flexibility index (Phi) is 9.41. The zero-order chi connectivity index (χ0) is 6.57. The van der Waals surface area contributed by atoms with Gasteiger partial charge in [-0.2, -0.15) is 0 Å². The quantitative estimate of drug-likeness (QED) is 0.600. The van der Waals surface area contributed by atoms with Crippen molar-refractivity contribution < 1.29 is 32.7 Å². The van der Waals surface area contributed by atoms with Crippen molar-refractivity contribution in [1.82, 2.24) is 0 Å². The third-order valence-electron chi connectivity index (χ3n) is 1.41. The van der Waals surface area contributed by atoms with Crippen LogP contribution < -0.4 is 0 Å². The molecule has 0 unspecified atom stereocenters. The van der Waals surface area contributed by atoms with Gasteiger partial charge in [0.2, 0.25) is 0 Å². The largest absolute Gasteiger partial charge is 0.356 e. The molecule has 0 amide bonds. The molecule has 0 fully saturated rings. The Morgan fingerprint density at radius 2 is 1.89 bits per heavy atom. The molecule has 0 N–H and O–H groups in total. The van der Waals surface area contributed by atoms with Gasteiger partial charge < -0.3 is 6.92 Å². The molecule has 0 bridgehead atoms. The van der Waals surface area contributed by atoms with Crippen LogP contribution in [0.3, 0.4) is 0 Å². The van der Waals surface area contributed by atoms with Gasteiger partial charge >= 0.3 is 0 Å². The van der Waals surface area contributed by atoms with Crippen LogP contribution in [-0.2, 0) is 32.7 Å². The topological polar surface area (TPSA) is 0 Å². The Bertz CT molecular complexity index is 80.7. The van der Waals surface area contributed by atoms with Gasteiger partial charge in [-0.05, 0) is 0 Å². The summed E-state index contributed by atoms with van der Waals surface area (Å²) in [5.74, 6) is 0. The van der Waals surface area contributed by atoms with Gasteiger partial charge in [-0.3, -0.25) is 0 Å². The molecule has 0 heterocycles. The first kappa shape index (κ1) is 12.4. The summed E-state index contributed by atoms with van der Waals surface area (Å²) in [5.41, 5.74) is 2.56. The number of hydrogen-bond acceptors (Lipinski definition) is 0. The standard InChI is InChI=1S/C8H14.Y/c1-5-7(3)8(4)6-2;/h1,4-6H2,2-3H3;/q-2;. The third kappa shape index (κ3) is 5.17. The van der Waals surface area contributed by atoms with Crippen LogP contribution in [0.15, 0.2) is 11.1 Å². The van der Waals surface area contributed by atoms with Crippen LogP contribution in [0, 0.1) is 13.8 Å². The maximum atomic E-state index is 3.87. The molecule has 0 aliphatic carbocycles. The molecular formula is C8H14Y-2. The van der Waals surface area contributed by atoms with Gasteiger partial charge in [0, 0.05) is 32.7 Å². The molecule has 51 valence electrons. The summed E-state index contributed by atoms with van der Waals surface area (Å²) in [7, 11) is 0. The van der Waals surface area contributed by atoms with Gasteiger partial charge in [0.15, 0.2) is 0 Å². The summed E-state index contributed by atoms with van der Waals surface area (Å²) in [6.07, 6.45) is 1.95. The first-order valence-corrected chi connectivity index (χ1v) is 3.02. The van der Waals surface area contributed by atoms with Crippen LogP contribution in [-0.4, -0.2) is 0 Å². The predicted octanol–water partition coefficient (Wildman–Crippen LogP) is 2.77. The van der Waals surface area contributed by atoms with Gasteiger partial charge in [-0.15, -0.1) is 6.92 Å². The molecule has 0 aliphatic heterocycles. The minimum absolute atomic E-state index is 0. The summed E-state index contributed by atoms with van der Waals surface area (Å²) in [4.78, 5) is 0. The van der Waals surface area contributed by atoms with Crippen LogP contribution in [0.25, 0.3) is 0 Å². The maximum absolute atomic E-state index is 3.87. The summed E-state index contributed by atoms with van der Waals surface area (Å²) in [6, 6.07) is 0. The van der Waals surface area contributed by atoms with Crippen molar-refractivity contribution in [2.24, 2.45) is 0 Å². The molecular weight excluding hydrogens is 185 g/mol. The normalized spacial score (nSPS) is 11.9. The average molecular weight is 199 g/mol. The van der Waals surface area contributed by atoms with E-state index in [-0.39, 0.29) is 32.7 Å². The molecule has 9 heavy (non-hydrogen) atoms. The van der Waals surface area contributed by atoms with E-state index in [9.17, 15) is 0 Å². The van der Waals surface area contributed by atoms with Gasteiger partial charge in [-0.1, -0.05) is 13.3 Å². The van der Waals surface area contributed by atoms with Gasteiger partial charge in [0.05, 0.1) is 0 Å². The van der Waals surface area contributed by atoms with Crippen molar-refractivity contribution in [3.63, 3.8) is 0 Å². The third-order valence-corrected chi connectivity index (χ3v) is 1.41.